The van der Waals surface area contributed by atoms with Crippen LogP contribution in [0.3, 0.4) is 0 Å². The van der Waals surface area contributed by atoms with E-state index < -0.39 is 0 Å². The first kappa shape index (κ1) is 32.9. The first-order valence-corrected chi connectivity index (χ1v) is 14.2. The fourth-order valence-corrected chi connectivity index (χ4v) is 4.23. The summed E-state index contributed by atoms with van der Waals surface area (Å²) >= 11 is 0. The van der Waals surface area contributed by atoms with Gasteiger partial charge in [-0.1, -0.05) is 78.1 Å². The van der Waals surface area contributed by atoms with Gasteiger partial charge in [-0.15, -0.1) is 0 Å². The molecule has 0 aromatic heterocycles. The number of rotatable bonds is 25. The third kappa shape index (κ3) is 21.4. The number of unbranched alkanes of at least 4 members (excludes halogenated alkanes) is 10. The van der Waals surface area contributed by atoms with Crippen LogP contribution in [0.1, 0.15) is 124 Å². The van der Waals surface area contributed by atoms with Gasteiger partial charge >= 0.3 is 11.9 Å². The van der Waals surface area contributed by atoms with Crippen molar-refractivity contribution in [3.8, 4) is 0 Å². The van der Waals surface area contributed by atoms with Crippen LogP contribution < -0.4 is 0 Å². The summed E-state index contributed by atoms with van der Waals surface area (Å²) in [5, 5.41) is 9.30. The molecule has 0 aromatic carbocycles. The molecule has 0 aliphatic rings. The summed E-state index contributed by atoms with van der Waals surface area (Å²) in [7, 11) is 0. The van der Waals surface area contributed by atoms with Crippen molar-refractivity contribution in [2.45, 2.75) is 124 Å². The Hall–Kier alpha value is -1.14. The van der Waals surface area contributed by atoms with Crippen molar-refractivity contribution >= 4 is 11.9 Å². The molecule has 0 heterocycles. The van der Waals surface area contributed by atoms with Gasteiger partial charge in [-0.05, 0) is 51.6 Å². The molecule has 0 bridgehead atoms. The molecule has 0 radical (unpaired) electrons. The number of esters is 2. The van der Waals surface area contributed by atoms with Crippen LogP contribution in [0, 0.1) is 5.92 Å². The number of carbonyl (C=O) groups is 2. The normalized spacial score (nSPS) is 12.1. The Bertz CT molecular complexity index is 472. The molecule has 1 N–H and O–H groups in total. The largest absolute Gasteiger partial charge is 0.466 e. The van der Waals surface area contributed by atoms with Gasteiger partial charge in [-0.25, -0.2) is 0 Å². The molecule has 0 aliphatic heterocycles. The average molecular weight is 486 g/mol. The lowest BCUT2D eigenvalue weighted by molar-refractivity contribution is -0.149. The smallest absolute Gasteiger partial charge is 0.308 e. The van der Waals surface area contributed by atoms with Crippen molar-refractivity contribution in [2.24, 2.45) is 5.92 Å². The number of hydrogen-bond acceptors (Lipinski definition) is 6. The van der Waals surface area contributed by atoms with Crippen LogP contribution in [0.25, 0.3) is 0 Å². The average Bonchev–Trinajstić information content (AvgIpc) is 2.81. The predicted molar refractivity (Wildman–Crippen MR) is 140 cm³/mol. The molecule has 34 heavy (non-hydrogen) atoms. The second kappa shape index (κ2) is 25.0. The number of hydrogen-bond donors (Lipinski definition) is 1. The van der Waals surface area contributed by atoms with E-state index in [9.17, 15) is 14.7 Å². The predicted octanol–water partition coefficient (Wildman–Crippen LogP) is 6.28. The summed E-state index contributed by atoms with van der Waals surface area (Å²) in [6.07, 6.45) is 17.8. The van der Waals surface area contributed by atoms with E-state index in [1.165, 1.54) is 58.3 Å². The van der Waals surface area contributed by atoms with Gasteiger partial charge < -0.3 is 19.5 Å². The lowest BCUT2D eigenvalue weighted by atomic mass is 9.94. The summed E-state index contributed by atoms with van der Waals surface area (Å²) in [5.41, 5.74) is 0. The van der Waals surface area contributed by atoms with E-state index in [4.69, 9.17) is 9.47 Å². The molecule has 0 aliphatic carbocycles. The maximum Gasteiger partial charge on any atom is 0.308 e. The molecule has 0 aromatic rings. The van der Waals surface area contributed by atoms with Crippen LogP contribution in [0.5, 0.6) is 0 Å². The summed E-state index contributed by atoms with van der Waals surface area (Å²) in [6.45, 7) is 9.35. The molecule has 202 valence electrons. The Labute approximate surface area is 210 Å². The number of ether oxygens (including phenoxy) is 2. The van der Waals surface area contributed by atoms with Crippen LogP contribution in [-0.2, 0) is 19.1 Å². The first-order valence-electron chi connectivity index (χ1n) is 14.2. The summed E-state index contributed by atoms with van der Waals surface area (Å²) in [5.74, 6) is -0.175. The van der Waals surface area contributed by atoms with Crippen molar-refractivity contribution in [3.05, 3.63) is 0 Å². The summed E-state index contributed by atoms with van der Waals surface area (Å²) in [4.78, 5) is 25.8. The standard InChI is InChI=1S/C28H55NO5/c1-4-6-8-10-11-13-19-27(18-12-9-7-5-2)28(32)34-25-17-15-21-29(22-23-30)20-14-16-24-33-26(3)31/h27,30H,4-25H2,1-3H3. The number of aliphatic hydroxyl groups excluding tert-OH is 1. The second-order valence-corrected chi connectivity index (χ2v) is 9.59. The highest BCUT2D eigenvalue weighted by molar-refractivity contribution is 5.72. The van der Waals surface area contributed by atoms with Gasteiger partial charge in [0.2, 0.25) is 0 Å². The van der Waals surface area contributed by atoms with Crippen LogP contribution in [0.15, 0.2) is 0 Å². The molecule has 0 fully saturated rings. The second-order valence-electron chi connectivity index (χ2n) is 9.59. The Morgan fingerprint density at radius 3 is 1.71 bits per heavy atom. The lowest BCUT2D eigenvalue weighted by Gasteiger charge is -2.21. The number of nitrogens with zero attached hydrogens (tertiary/aromatic N) is 1. The molecule has 1 atom stereocenters. The zero-order chi connectivity index (χ0) is 25.3. The zero-order valence-corrected chi connectivity index (χ0v) is 22.7. The molecular weight excluding hydrogens is 430 g/mol. The molecule has 0 amide bonds. The fraction of sp³-hybridized carbons (Fsp3) is 0.929. The quantitative estimate of drug-likeness (QED) is 0.121. The molecule has 0 spiro atoms. The fourth-order valence-electron chi connectivity index (χ4n) is 4.23. The van der Waals surface area contributed by atoms with Crippen molar-refractivity contribution in [1.82, 2.24) is 4.90 Å². The van der Waals surface area contributed by atoms with Crippen LogP contribution in [-0.4, -0.2) is 61.4 Å². The highest BCUT2D eigenvalue weighted by Crippen LogP contribution is 2.20. The monoisotopic (exact) mass is 485 g/mol. The highest BCUT2D eigenvalue weighted by Gasteiger charge is 2.19. The van der Waals surface area contributed by atoms with Gasteiger partial charge in [-0.2, -0.15) is 0 Å². The molecule has 6 nitrogen and oxygen atoms in total. The van der Waals surface area contributed by atoms with E-state index in [0.717, 1.165) is 64.5 Å². The van der Waals surface area contributed by atoms with Gasteiger partial charge in [0.1, 0.15) is 0 Å². The van der Waals surface area contributed by atoms with E-state index in [-0.39, 0.29) is 24.5 Å². The Kier molecular flexibility index (Phi) is 24.1. The minimum atomic E-state index is -0.239. The SMILES string of the molecule is CCCCCCCCC(CCCCCC)C(=O)OCCCCN(CCO)CCCCOC(C)=O. The summed E-state index contributed by atoms with van der Waals surface area (Å²) < 4.78 is 10.6. The van der Waals surface area contributed by atoms with E-state index in [1.54, 1.807) is 0 Å². The molecule has 0 saturated carbocycles. The van der Waals surface area contributed by atoms with Gasteiger partial charge in [-0.3, -0.25) is 9.59 Å². The highest BCUT2D eigenvalue weighted by atomic mass is 16.5. The van der Waals surface area contributed by atoms with Gasteiger partial charge in [0, 0.05) is 13.5 Å². The Morgan fingerprint density at radius 2 is 1.18 bits per heavy atom. The molecular formula is C28H55NO5. The Balaban J connectivity index is 4.16. The van der Waals surface area contributed by atoms with E-state index >= 15 is 0 Å². The van der Waals surface area contributed by atoms with Gasteiger partial charge in [0.15, 0.2) is 0 Å². The summed E-state index contributed by atoms with van der Waals surface area (Å²) in [6, 6.07) is 0. The minimum Gasteiger partial charge on any atom is -0.466 e. The van der Waals surface area contributed by atoms with Crippen molar-refractivity contribution in [3.63, 3.8) is 0 Å². The third-order valence-corrected chi connectivity index (χ3v) is 6.35. The van der Waals surface area contributed by atoms with Crippen LogP contribution in [0.2, 0.25) is 0 Å². The number of aliphatic hydroxyl groups is 1. The maximum atomic E-state index is 12.7. The van der Waals surface area contributed by atoms with Crippen molar-refractivity contribution in [1.29, 1.82) is 0 Å². The third-order valence-electron chi connectivity index (χ3n) is 6.35. The molecule has 0 rings (SSSR count). The Morgan fingerprint density at radius 1 is 0.676 bits per heavy atom. The van der Waals surface area contributed by atoms with Crippen molar-refractivity contribution in [2.75, 3.05) is 39.5 Å². The maximum absolute atomic E-state index is 12.7. The topological polar surface area (TPSA) is 76.1 Å². The van der Waals surface area contributed by atoms with Gasteiger partial charge in [0.25, 0.3) is 0 Å². The van der Waals surface area contributed by atoms with Crippen LogP contribution in [0.4, 0.5) is 0 Å². The number of carbonyl (C=O) groups excluding carboxylic acids is 2. The molecule has 6 heteroatoms. The lowest BCUT2D eigenvalue weighted by Crippen LogP contribution is -2.29. The van der Waals surface area contributed by atoms with E-state index in [2.05, 4.69) is 18.7 Å². The molecule has 1 unspecified atom stereocenters. The minimum absolute atomic E-state index is 0.00254. The van der Waals surface area contributed by atoms with Gasteiger partial charge in [0.05, 0.1) is 25.7 Å². The first-order chi connectivity index (χ1) is 16.5. The zero-order valence-electron chi connectivity index (χ0n) is 22.7. The van der Waals surface area contributed by atoms with Crippen molar-refractivity contribution < 1.29 is 24.2 Å². The van der Waals surface area contributed by atoms with E-state index in [1.807, 2.05) is 0 Å². The molecule has 0 saturated heterocycles. The van der Waals surface area contributed by atoms with E-state index in [0.29, 0.717) is 19.8 Å². The van der Waals surface area contributed by atoms with Crippen LogP contribution >= 0.6 is 0 Å².